The number of para-hydroxylation sites is 1. The fourth-order valence-electron chi connectivity index (χ4n) is 6.23. The number of nitrogens with one attached hydrogen (secondary N) is 1. The first kappa shape index (κ1) is 24.4. The molecule has 4 aromatic rings. The third kappa shape index (κ3) is 3.89. The average molecular weight is 506 g/mol. The number of Topliss-reactive ketones (excluding diaryl/α,β-unsaturated/α-hetero) is 1. The van der Waals surface area contributed by atoms with Crippen molar-refractivity contribution in [2.75, 3.05) is 6.61 Å². The van der Waals surface area contributed by atoms with Crippen LogP contribution in [0.2, 0.25) is 0 Å². The molecule has 192 valence electrons. The third-order valence-corrected chi connectivity index (χ3v) is 7.72. The number of benzene rings is 4. The summed E-state index contributed by atoms with van der Waals surface area (Å²) < 4.78 is 12.3. The van der Waals surface area contributed by atoms with Gasteiger partial charge in [0, 0.05) is 12.0 Å². The number of hydrogen-bond acceptors (Lipinski definition) is 5. The van der Waals surface area contributed by atoms with Gasteiger partial charge >= 0.3 is 5.97 Å². The minimum absolute atomic E-state index is 0.0234. The maximum absolute atomic E-state index is 14.7. The molecule has 38 heavy (non-hydrogen) atoms. The number of fused-ring (bicyclic) bond motifs is 2. The van der Waals surface area contributed by atoms with E-state index in [-0.39, 0.29) is 18.4 Å². The quantitative estimate of drug-likeness (QED) is 0.334. The van der Waals surface area contributed by atoms with E-state index in [2.05, 4.69) is 23.5 Å². The molecule has 0 aliphatic carbocycles. The first-order valence-electron chi connectivity index (χ1n) is 13.1. The predicted molar refractivity (Wildman–Crippen MR) is 147 cm³/mol. The number of ether oxygens (including phenoxy) is 2. The van der Waals surface area contributed by atoms with Crippen LogP contribution in [0, 0.1) is 5.41 Å². The summed E-state index contributed by atoms with van der Waals surface area (Å²) in [6.07, 6.45) is 0. The molecule has 5 nitrogen and oxygen atoms in total. The topological polar surface area (TPSA) is 64.6 Å². The van der Waals surface area contributed by atoms with E-state index in [1.54, 1.807) is 0 Å². The van der Waals surface area contributed by atoms with Crippen LogP contribution in [0.1, 0.15) is 54.2 Å². The van der Waals surface area contributed by atoms with Gasteiger partial charge in [0.05, 0.1) is 11.0 Å². The van der Waals surface area contributed by atoms with Gasteiger partial charge in [-0.15, -0.1) is 0 Å². The molecule has 1 spiro atoms. The molecule has 0 radical (unpaired) electrons. The van der Waals surface area contributed by atoms with E-state index >= 15 is 0 Å². The second kappa shape index (κ2) is 9.10. The Bertz CT molecular complexity index is 1520. The molecule has 1 saturated heterocycles. The first-order chi connectivity index (χ1) is 18.3. The molecule has 6 rings (SSSR count). The molecule has 0 unspecified atom stereocenters. The van der Waals surface area contributed by atoms with Crippen LogP contribution in [-0.4, -0.2) is 30.0 Å². The number of rotatable bonds is 3. The lowest BCUT2D eigenvalue weighted by Gasteiger charge is -2.42. The Kier molecular flexibility index (Phi) is 5.84. The van der Waals surface area contributed by atoms with Crippen molar-refractivity contribution in [3.8, 4) is 5.75 Å². The Morgan fingerprint density at radius 1 is 0.895 bits per heavy atom. The molecule has 1 fully saturated rings. The van der Waals surface area contributed by atoms with Crippen molar-refractivity contribution in [3.05, 3.63) is 114 Å². The van der Waals surface area contributed by atoms with E-state index in [9.17, 15) is 9.59 Å². The smallest absolute Gasteiger partial charge is 0.324 e. The molecule has 1 N–H and O–H groups in total. The van der Waals surface area contributed by atoms with Gasteiger partial charge < -0.3 is 9.47 Å². The van der Waals surface area contributed by atoms with Gasteiger partial charge in [0.25, 0.3) is 0 Å². The molecular weight excluding hydrogens is 474 g/mol. The molecule has 5 heteroatoms. The van der Waals surface area contributed by atoms with Crippen molar-refractivity contribution < 1.29 is 19.1 Å². The van der Waals surface area contributed by atoms with Gasteiger partial charge in [-0.2, -0.15) is 0 Å². The van der Waals surface area contributed by atoms with Crippen molar-refractivity contribution >= 4 is 22.5 Å². The van der Waals surface area contributed by atoms with Gasteiger partial charge in [-0.25, -0.2) is 0 Å². The second-order valence-electron chi connectivity index (χ2n) is 11.2. The normalized spacial score (nSPS) is 24.7. The average Bonchev–Trinajstić information content (AvgIpc) is 3.26. The van der Waals surface area contributed by atoms with Gasteiger partial charge in [0.1, 0.15) is 24.0 Å². The van der Waals surface area contributed by atoms with Crippen molar-refractivity contribution in [1.29, 1.82) is 0 Å². The first-order valence-corrected chi connectivity index (χ1v) is 13.1. The Labute approximate surface area is 222 Å². The Morgan fingerprint density at radius 3 is 2.37 bits per heavy atom. The molecule has 2 aliphatic heterocycles. The summed E-state index contributed by atoms with van der Waals surface area (Å²) in [4.78, 5) is 28.6. The van der Waals surface area contributed by atoms with Gasteiger partial charge in [0.15, 0.2) is 5.78 Å². The van der Waals surface area contributed by atoms with E-state index in [0.717, 1.165) is 21.9 Å². The van der Waals surface area contributed by atoms with Crippen LogP contribution >= 0.6 is 0 Å². The highest BCUT2D eigenvalue weighted by atomic mass is 16.6. The standard InChI is InChI=1S/C33H31NO4/c1-32(2,3)38-31(36)28-27(24-18-11-15-21-12-7-8-16-23(21)24)33(29(34-28)22-13-5-4-6-14-22)20-37-26-19-10-9-17-25(26)30(33)35/h4-19,27-29,34H,20H2,1-3H3/t27-,28+,29+,33+/m1/s1. The lowest BCUT2D eigenvalue weighted by Crippen LogP contribution is -2.48. The summed E-state index contributed by atoms with van der Waals surface area (Å²) in [6, 6.07) is 30.2. The van der Waals surface area contributed by atoms with Crippen molar-refractivity contribution in [3.63, 3.8) is 0 Å². The zero-order valence-electron chi connectivity index (χ0n) is 21.8. The van der Waals surface area contributed by atoms with E-state index in [1.807, 2.05) is 99.6 Å². The van der Waals surface area contributed by atoms with Crippen molar-refractivity contribution in [2.45, 2.75) is 44.4 Å². The molecule has 0 amide bonds. The van der Waals surface area contributed by atoms with E-state index in [0.29, 0.717) is 11.3 Å². The summed E-state index contributed by atoms with van der Waals surface area (Å²) >= 11 is 0. The third-order valence-electron chi connectivity index (χ3n) is 7.72. The summed E-state index contributed by atoms with van der Waals surface area (Å²) in [7, 11) is 0. The number of carbonyl (C=O) groups is 2. The Morgan fingerprint density at radius 2 is 1.58 bits per heavy atom. The Balaban J connectivity index is 1.63. The molecule has 2 aliphatic rings. The summed E-state index contributed by atoms with van der Waals surface area (Å²) in [5, 5.41) is 5.65. The minimum atomic E-state index is -1.08. The number of ketones is 1. The van der Waals surface area contributed by atoms with Crippen LogP contribution in [0.5, 0.6) is 5.75 Å². The molecule has 4 atom stereocenters. The maximum atomic E-state index is 14.7. The zero-order chi connectivity index (χ0) is 26.5. The second-order valence-corrected chi connectivity index (χ2v) is 11.2. The SMILES string of the molecule is CC(C)(C)OC(=O)[C@H]1N[C@@H](c2ccccc2)[C@]2(COc3ccccc3C2=O)[C@@H]1c1cccc2ccccc12. The van der Waals surface area contributed by atoms with Crippen LogP contribution in [0.25, 0.3) is 10.8 Å². The lowest BCUT2D eigenvalue weighted by molar-refractivity contribution is -0.157. The highest BCUT2D eigenvalue weighted by Gasteiger charge is 2.64. The summed E-state index contributed by atoms with van der Waals surface area (Å²) in [5.41, 5.74) is 0.638. The minimum Gasteiger partial charge on any atom is -0.492 e. The van der Waals surface area contributed by atoms with E-state index < -0.39 is 29.0 Å². The van der Waals surface area contributed by atoms with Crippen LogP contribution in [0.15, 0.2) is 97.1 Å². The van der Waals surface area contributed by atoms with Gasteiger partial charge in [-0.05, 0) is 54.8 Å². The zero-order valence-corrected chi connectivity index (χ0v) is 21.8. The van der Waals surface area contributed by atoms with Crippen LogP contribution in [0.3, 0.4) is 0 Å². The number of esters is 1. The van der Waals surface area contributed by atoms with Crippen molar-refractivity contribution in [1.82, 2.24) is 5.32 Å². The van der Waals surface area contributed by atoms with Crippen LogP contribution < -0.4 is 10.1 Å². The number of carbonyl (C=O) groups excluding carboxylic acids is 2. The van der Waals surface area contributed by atoms with Crippen molar-refractivity contribution in [2.24, 2.45) is 5.41 Å². The Hall–Kier alpha value is -3.96. The largest absolute Gasteiger partial charge is 0.492 e. The highest BCUT2D eigenvalue weighted by molar-refractivity contribution is 6.06. The molecule has 4 aromatic carbocycles. The monoisotopic (exact) mass is 505 g/mol. The summed E-state index contributed by atoms with van der Waals surface area (Å²) in [5.74, 6) is -0.355. The van der Waals surface area contributed by atoms with Crippen LogP contribution in [-0.2, 0) is 9.53 Å². The fourth-order valence-corrected chi connectivity index (χ4v) is 6.23. The molecule has 0 aromatic heterocycles. The highest BCUT2D eigenvalue weighted by Crippen LogP contribution is 2.58. The van der Waals surface area contributed by atoms with E-state index in [4.69, 9.17) is 9.47 Å². The predicted octanol–water partition coefficient (Wildman–Crippen LogP) is 6.24. The molecule has 0 bridgehead atoms. The van der Waals surface area contributed by atoms with Gasteiger partial charge in [-0.3, -0.25) is 14.9 Å². The fraction of sp³-hybridized carbons (Fsp3) is 0.273. The van der Waals surface area contributed by atoms with Gasteiger partial charge in [0.2, 0.25) is 0 Å². The molecule has 2 heterocycles. The maximum Gasteiger partial charge on any atom is 0.324 e. The van der Waals surface area contributed by atoms with Gasteiger partial charge in [-0.1, -0.05) is 84.9 Å². The van der Waals surface area contributed by atoms with Crippen LogP contribution in [0.4, 0.5) is 0 Å². The summed E-state index contributed by atoms with van der Waals surface area (Å²) in [6.45, 7) is 5.73. The van der Waals surface area contributed by atoms with E-state index in [1.165, 1.54) is 0 Å². The molecule has 0 saturated carbocycles. The number of hydrogen-bond donors (Lipinski definition) is 1. The lowest BCUT2D eigenvalue weighted by atomic mass is 9.62. The molecular formula is C33H31NO4.